The Morgan fingerprint density at radius 1 is 1.03 bits per heavy atom. The summed E-state index contributed by atoms with van der Waals surface area (Å²) in [6.07, 6.45) is 2.15. The van der Waals surface area contributed by atoms with Crippen molar-refractivity contribution in [3.63, 3.8) is 0 Å². The van der Waals surface area contributed by atoms with E-state index < -0.39 is 6.10 Å². The highest BCUT2D eigenvalue weighted by Crippen LogP contribution is 2.38. The molecule has 0 radical (unpaired) electrons. The van der Waals surface area contributed by atoms with Gasteiger partial charge in [-0.25, -0.2) is 0 Å². The predicted octanol–water partition coefficient (Wildman–Crippen LogP) is 3.10. The molecule has 0 spiro atoms. The van der Waals surface area contributed by atoms with E-state index in [1.807, 2.05) is 49.4 Å². The number of amides is 2. The van der Waals surface area contributed by atoms with Crippen LogP contribution in [0.1, 0.15) is 54.1 Å². The van der Waals surface area contributed by atoms with Gasteiger partial charge in [0, 0.05) is 24.4 Å². The minimum atomic E-state index is -0.587. The van der Waals surface area contributed by atoms with Crippen molar-refractivity contribution in [1.29, 1.82) is 0 Å². The number of nitrogens with one attached hydrogen (secondary N) is 2. The Morgan fingerprint density at radius 3 is 2.38 bits per heavy atom. The van der Waals surface area contributed by atoms with Crippen LogP contribution in [0.2, 0.25) is 0 Å². The largest absolute Gasteiger partial charge is 0.391 e. The van der Waals surface area contributed by atoms with Crippen LogP contribution in [-0.4, -0.2) is 35.6 Å². The van der Waals surface area contributed by atoms with E-state index in [9.17, 15) is 14.7 Å². The maximum atomic E-state index is 12.8. The highest BCUT2D eigenvalue weighted by Gasteiger charge is 2.38. The molecule has 3 atom stereocenters. The van der Waals surface area contributed by atoms with E-state index in [1.165, 1.54) is 6.92 Å². The third-order valence-electron chi connectivity index (χ3n) is 6.07. The Kier molecular flexibility index (Phi) is 6.70. The molecule has 3 rings (SSSR count). The number of benzene rings is 2. The van der Waals surface area contributed by atoms with E-state index >= 15 is 0 Å². The molecule has 0 heterocycles. The fourth-order valence-corrected chi connectivity index (χ4v) is 4.34. The van der Waals surface area contributed by atoms with Gasteiger partial charge in [-0.3, -0.25) is 9.59 Å². The number of aryl methyl sites for hydroxylation is 1. The molecule has 1 saturated carbocycles. The second kappa shape index (κ2) is 9.23. The summed E-state index contributed by atoms with van der Waals surface area (Å²) in [5.41, 5.74) is 2.50. The van der Waals surface area contributed by atoms with Gasteiger partial charge in [-0.2, -0.15) is 0 Å². The molecule has 0 bridgehead atoms. The maximum absolute atomic E-state index is 12.8. The molecule has 5 nitrogen and oxygen atoms in total. The number of hydrogen-bond acceptors (Lipinski definition) is 3. The number of carbonyl (C=O) groups excluding carboxylic acids is 2. The summed E-state index contributed by atoms with van der Waals surface area (Å²) >= 11 is 0. The molecule has 0 unspecified atom stereocenters. The van der Waals surface area contributed by atoms with Crippen LogP contribution in [-0.2, 0) is 10.2 Å². The first-order valence-corrected chi connectivity index (χ1v) is 10.3. The van der Waals surface area contributed by atoms with E-state index in [2.05, 4.69) is 22.8 Å². The van der Waals surface area contributed by atoms with Gasteiger partial charge in [-0.05, 0) is 49.8 Å². The molecule has 1 fully saturated rings. The smallest absolute Gasteiger partial charge is 0.251 e. The average Bonchev–Trinajstić information content (AvgIpc) is 2.87. The number of carbonyl (C=O) groups is 2. The van der Waals surface area contributed by atoms with Gasteiger partial charge in [0.05, 0.1) is 12.1 Å². The summed E-state index contributed by atoms with van der Waals surface area (Å²) in [6.45, 7) is 3.90. The van der Waals surface area contributed by atoms with E-state index in [4.69, 9.17) is 0 Å². The third-order valence-corrected chi connectivity index (χ3v) is 6.07. The molecule has 0 saturated heterocycles. The molecule has 154 valence electrons. The van der Waals surface area contributed by atoms with Crippen LogP contribution in [0, 0.1) is 6.92 Å². The molecule has 2 aromatic carbocycles. The summed E-state index contributed by atoms with van der Waals surface area (Å²) < 4.78 is 0. The highest BCUT2D eigenvalue weighted by atomic mass is 16.3. The van der Waals surface area contributed by atoms with Crippen LogP contribution in [0.25, 0.3) is 0 Å². The predicted molar refractivity (Wildman–Crippen MR) is 114 cm³/mol. The fraction of sp³-hybridized carbons (Fsp3) is 0.417. The normalized spacial score (nSPS) is 24.4. The molecule has 1 aliphatic rings. The summed E-state index contributed by atoms with van der Waals surface area (Å²) in [5.74, 6) is -0.212. The zero-order valence-corrected chi connectivity index (χ0v) is 17.2. The van der Waals surface area contributed by atoms with Gasteiger partial charge in [0.1, 0.15) is 0 Å². The van der Waals surface area contributed by atoms with Crippen molar-refractivity contribution >= 4 is 11.8 Å². The maximum Gasteiger partial charge on any atom is 0.251 e. The van der Waals surface area contributed by atoms with Gasteiger partial charge in [0.2, 0.25) is 5.91 Å². The van der Waals surface area contributed by atoms with E-state index in [0.29, 0.717) is 24.9 Å². The van der Waals surface area contributed by atoms with Gasteiger partial charge in [0.15, 0.2) is 0 Å². The molecular formula is C24H30N2O3. The quantitative estimate of drug-likeness (QED) is 0.682. The zero-order valence-electron chi connectivity index (χ0n) is 17.2. The summed E-state index contributed by atoms with van der Waals surface area (Å²) in [7, 11) is 0. The second-order valence-corrected chi connectivity index (χ2v) is 8.10. The molecule has 0 aromatic heterocycles. The van der Waals surface area contributed by atoms with Crippen LogP contribution in [0.15, 0.2) is 54.6 Å². The minimum absolute atomic E-state index is 0.0818. The first-order valence-electron chi connectivity index (χ1n) is 10.3. The Labute approximate surface area is 172 Å². The van der Waals surface area contributed by atoms with Gasteiger partial charge >= 0.3 is 0 Å². The van der Waals surface area contributed by atoms with Crippen LogP contribution in [0.4, 0.5) is 0 Å². The lowest BCUT2D eigenvalue weighted by atomic mass is 9.74. The van der Waals surface area contributed by atoms with Crippen LogP contribution >= 0.6 is 0 Å². The molecule has 5 heteroatoms. The highest BCUT2D eigenvalue weighted by molar-refractivity contribution is 5.95. The number of aliphatic hydroxyl groups is 1. The average molecular weight is 395 g/mol. The van der Waals surface area contributed by atoms with Crippen molar-refractivity contribution in [3.8, 4) is 0 Å². The van der Waals surface area contributed by atoms with E-state index in [1.54, 1.807) is 0 Å². The Balaban J connectivity index is 1.83. The first-order chi connectivity index (χ1) is 13.9. The van der Waals surface area contributed by atoms with Crippen molar-refractivity contribution in [2.45, 2.75) is 57.1 Å². The van der Waals surface area contributed by atoms with E-state index in [0.717, 1.165) is 24.0 Å². The molecule has 29 heavy (non-hydrogen) atoms. The lowest BCUT2D eigenvalue weighted by Crippen LogP contribution is -2.42. The molecule has 2 amide bonds. The SMILES string of the molecule is CC(=O)N[C@H]1CC[C@](CNC(=O)c2ccccc2C)(c2ccccc2)CC[C@@H]1O. The molecule has 2 aromatic rings. The van der Waals surface area contributed by atoms with Crippen molar-refractivity contribution in [3.05, 3.63) is 71.3 Å². The summed E-state index contributed by atoms with van der Waals surface area (Å²) in [4.78, 5) is 24.3. The fourth-order valence-electron chi connectivity index (χ4n) is 4.34. The Morgan fingerprint density at radius 2 is 1.69 bits per heavy atom. The standard InChI is InChI=1S/C24H30N2O3/c1-17-8-6-7-11-20(17)23(29)25-16-24(19-9-4-3-5-10-19)14-12-21(26-18(2)27)22(28)13-15-24/h3-11,21-22,28H,12-16H2,1-2H3,(H,25,29)(H,26,27)/t21-,22-,24-/m0/s1. The van der Waals surface area contributed by atoms with Gasteiger partial charge in [-0.1, -0.05) is 48.5 Å². The van der Waals surface area contributed by atoms with Crippen LogP contribution in [0.5, 0.6) is 0 Å². The van der Waals surface area contributed by atoms with Crippen molar-refractivity contribution in [1.82, 2.24) is 10.6 Å². The van der Waals surface area contributed by atoms with E-state index in [-0.39, 0.29) is 23.3 Å². The lowest BCUT2D eigenvalue weighted by Gasteiger charge is -2.34. The van der Waals surface area contributed by atoms with Gasteiger partial charge < -0.3 is 15.7 Å². The van der Waals surface area contributed by atoms with Crippen LogP contribution in [0.3, 0.4) is 0 Å². The minimum Gasteiger partial charge on any atom is -0.391 e. The summed E-state index contributed by atoms with van der Waals surface area (Å²) in [5, 5.41) is 16.6. The monoisotopic (exact) mass is 394 g/mol. The Hall–Kier alpha value is -2.66. The third kappa shape index (κ3) is 5.04. The molecule has 1 aliphatic carbocycles. The Bertz CT molecular complexity index is 852. The zero-order chi connectivity index (χ0) is 20.9. The number of aliphatic hydroxyl groups excluding tert-OH is 1. The van der Waals surface area contributed by atoms with Crippen molar-refractivity contribution in [2.24, 2.45) is 0 Å². The van der Waals surface area contributed by atoms with Crippen molar-refractivity contribution < 1.29 is 14.7 Å². The second-order valence-electron chi connectivity index (χ2n) is 8.10. The molecule has 3 N–H and O–H groups in total. The van der Waals surface area contributed by atoms with Gasteiger partial charge in [0.25, 0.3) is 5.91 Å². The lowest BCUT2D eigenvalue weighted by molar-refractivity contribution is -0.120. The number of hydrogen-bond donors (Lipinski definition) is 3. The first kappa shape index (κ1) is 21.1. The summed E-state index contributed by atoms with van der Waals surface area (Å²) in [6, 6.07) is 17.5. The van der Waals surface area contributed by atoms with Crippen molar-refractivity contribution in [2.75, 3.05) is 6.54 Å². The van der Waals surface area contributed by atoms with Gasteiger partial charge in [-0.15, -0.1) is 0 Å². The molecule has 0 aliphatic heterocycles. The molecular weight excluding hydrogens is 364 g/mol. The topological polar surface area (TPSA) is 78.4 Å². The van der Waals surface area contributed by atoms with Crippen LogP contribution < -0.4 is 10.6 Å². The number of rotatable bonds is 5.